The lowest BCUT2D eigenvalue weighted by atomic mass is 10.0. The average molecular weight is 516 g/mol. The van der Waals surface area contributed by atoms with Gasteiger partial charge in [-0.05, 0) is 55.4 Å². The van der Waals surface area contributed by atoms with E-state index in [2.05, 4.69) is 11.1 Å². The normalized spacial score (nSPS) is 16.3. The summed E-state index contributed by atoms with van der Waals surface area (Å²) in [6, 6.07) is 8.22. The number of aryl methyl sites for hydroxylation is 1. The molecule has 1 fully saturated rings. The molecule has 0 spiro atoms. The summed E-state index contributed by atoms with van der Waals surface area (Å²) in [4.78, 5) is 59.9. The van der Waals surface area contributed by atoms with E-state index in [0.29, 0.717) is 50.0 Å². The molecule has 1 aromatic carbocycles. The van der Waals surface area contributed by atoms with Gasteiger partial charge in [0.2, 0.25) is 11.8 Å². The van der Waals surface area contributed by atoms with Crippen molar-refractivity contribution in [2.24, 2.45) is 7.05 Å². The zero-order valence-corrected chi connectivity index (χ0v) is 22.1. The fraction of sp³-hybridized carbons (Fsp3) is 0.414. The summed E-state index contributed by atoms with van der Waals surface area (Å²) in [5, 5.41) is 0. The van der Waals surface area contributed by atoms with Crippen LogP contribution in [0.4, 0.5) is 0 Å². The fourth-order valence-electron chi connectivity index (χ4n) is 5.59. The molecule has 2 aliphatic heterocycles. The standard InChI is InChI=1S/C29H33N5O4/c1-19-15-30-16-24(20(19)2)25-17-33(29(38)31(3)28(25)37)18-27(36)32-11-9-23(10-12-32)34-13-8-21-6-4-5-7-22(21)14-26(34)35/h4-7,15-17,23H,8-14,18H2,1-3H3. The van der Waals surface area contributed by atoms with Gasteiger partial charge in [-0.1, -0.05) is 24.3 Å². The summed E-state index contributed by atoms with van der Waals surface area (Å²) in [6.45, 7) is 5.41. The number of aromatic nitrogens is 3. The van der Waals surface area contributed by atoms with Crippen molar-refractivity contribution in [1.29, 1.82) is 0 Å². The summed E-state index contributed by atoms with van der Waals surface area (Å²) in [5.74, 6) is -0.0335. The Kier molecular flexibility index (Phi) is 7.01. The number of hydrogen-bond donors (Lipinski definition) is 0. The number of carbonyl (C=O) groups is 2. The Balaban J connectivity index is 1.28. The summed E-state index contributed by atoms with van der Waals surface area (Å²) in [5.41, 5.74) is 4.22. The second kappa shape index (κ2) is 10.4. The zero-order chi connectivity index (χ0) is 27.0. The highest BCUT2D eigenvalue weighted by Gasteiger charge is 2.31. The van der Waals surface area contributed by atoms with Crippen LogP contribution in [-0.4, -0.2) is 61.4 Å². The van der Waals surface area contributed by atoms with E-state index in [1.807, 2.05) is 36.9 Å². The first-order valence-corrected chi connectivity index (χ1v) is 13.1. The molecular formula is C29H33N5O4. The van der Waals surface area contributed by atoms with Crippen molar-refractivity contribution in [3.05, 3.63) is 85.9 Å². The number of fused-ring (bicyclic) bond motifs is 1. The first-order chi connectivity index (χ1) is 18.2. The van der Waals surface area contributed by atoms with Gasteiger partial charge in [-0.15, -0.1) is 0 Å². The molecule has 0 saturated carbocycles. The van der Waals surface area contributed by atoms with E-state index in [9.17, 15) is 19.2 Å². The predicted octanol–water partition coefficient (Wildman–Crippen LogP) is 1.84. The molecule has 4 heterocycles. The number of carbonyl (C=O) groups excluding carboxylic acids is 2. The number of likely N-dealkylation sites (tertiary alicyclic amines) is 1. The third kappa shape index (κ3) is 4.80. The number of piperidine rings is 1. The van der Waals surface area contributed by atoms with E-state index in [0.717, 1.165) is 27.7 Å². The molecule has 2 aliphatic rings. The Morgan fingerprint density at radius 2 is 1.68 bits per heavy atom. The largest absolute Gasteiger partial charge is 0.341 e. The molecule has 0 radical (unpaired) electrons. The molecule has 9 nitrogen and oxygen atoms in total. The molecular weight excluding hydrogens is 482 g/mol. The lowest BCUT2D eigenvalue weighted by molar-refractivity contribution is -0.136. The summed E-state index contributed by atoms with van der Waals surface area (Å²) < 4.78 is 2.35. The van der Waals surface area contributed by atoms with E-state index >= 15 is 0 Å². The molecule has 0 bridgehead atoms. The fourth-order valence-corrected chi connectivity index (χ4v) is 5.59. The van der Waals surface area contributed by atoms with Gasteiger partial charge in [0, 0.05) is 56.9 Å². The van der Waals surface area contributed by atoms with Crippen LogP contribution in [0.25, 0.3) is 11.1 Å². The van der Waals surface area contributed by atoms with Crippen molar-refractivity contribution in [3.8, 4) is 11.1 Å². The van der Waals surface area contributed by atoms with Crippen LogP contribution in [0.3, 0.4) is 0 Å². The van der Waals surface area contributed by atoms with Gasteiger partial charge in [0.1, 0.15) is 6.54 Å². The summed E-state index contributed by atoms with van der Waals surface area (Å²) >= 11 is 0. The van der Waals surface area contributed by atoms with Gasteiger partial charge in [-0.3, -0.25) is 28.5 Å². The van der Waals surface area contributed by atoms with E-state index in [-0.39, 0.29) is 24.4 Å². The van der Waals surface area contributed by atoms with Crippen LogP contribution in [0.1, 0.15) is 35.1 Å². The lowest BCUT2D eigenvalue weighted by Gasteiger charge is -2.38. The van der Waals surface area contributed by atoms with Gasteiger partial charge in [-0.25, -0.2) is 4.79 Å². The van der Waals surface area contributed by atoms with Crippen molar-refractivity contribution in [1.82, 2.24) is 23.9 Å². The molecule has 2 amide bonds. The smallest absolute Gasteiger partial charge is 0.331 e. The van der Waals surface area contributed by atoms with Crippen molar-refractivity contribution < 1.29 is 9.59 Å². The van der Waals surface area contributed by atoms with E-state index in [1.54, 1.807) is 17.3 Å². The SMILES string of the molecule is Cc1cncc(-c2cn(CC(=O)N3CCC(N4CCc5ccccc5CC4=O)CC3)c(=O)n(C)c2=O)c1C. The number of pyridine rings is 1. The van der Waals surface area contributed by atoms with Crippen molar-refractivity contribution in [2.75, 3.05) is 19.6 Å². The Bertz CT molecular complexity index is 1510. The van der Waals surface area contributed by atoms with Crippen LogP contribution >= 0.6 is 0 Å². The van der Waals surface area contributed by atoms with Crippen molar-refractivity contribution in [2.45, 2.75) is 52.1 Å². The van der Waals surface area contributed by atoms with Crippen LogP contribution in [0.2, 0.25) is 0 Å². The van der Waals surface area contributed by atoms with Crippen molar-refractivity contribution in [3.63, 3.8) is 0 Å². The molecule has 198 valence electrons. The molecule has 2 aromatic heterocycles. The number of amides is 2. The maximum atomic E-state index is 13.2. The molecule has 5 rings (SSSR count). The Morgan fingerprint density at radius 1 is 0.974 bits per heavy atom. The molecule has 0 aliphatic carbocycles. The third-order valence-electron chi connectivity index (χ3n) is 8.08. The van der Waals surface area contributed by atoms with Gasteiger partial charge < -0.3 is 9.80 Å². The molecule has 1 saturated heterocycles. The van der Waals surface area contributed by atoms with Crippen LogP contribution in [0, 0.1) is 13.8 Å². The lowest BCUT2D eigenvalue weighted by Crippen LogP contribution is -2.50. The highest BCUT2D eigenvalue weighted by Crippen LogP contribution is 2.24. The average Bonchev–Trinajstić information content (AvgIpc) is 3.09. The van der Waals surface area contributed by atoms with Gasteiger partial charge in [0.15, 0.2) is 0 Å². The predicted molar refractivity (Wildman–Crippen MR) is 144 cm³/mol. The quantitative estimate of drug-likeness (QED) is 0.528. The van der Waals surface area contributed by atoms with E-state index < -0.39 is 11.2 Å². The van der Waals surface area contributed by atoms with Gasteiger partial charge in [0.05, 0.1) is 12.0 Å². The second-order valence-electron chi connectivity index (χ2n) is 10.3. The molecule has 0 unspecified atom stereocenters. The highest BCUT2D eigenvalue weighted by molar-refractivity contribution is 5.80. The minimum atomic E-state index is -0.532. The molecule has 0 N–H and O–H groups in total. The highest BCUT2D eigenvalue weighted by atomic mass is 16.2. The van der Waals surface area contributed by atoms with Crippen LogP contribution in [0.5, 0.6) is 0 Å². The Labute approximate surface area is 221 Å². The van der Waals surface area contributed by atoms with Crippen LogP contribution in [-0.2, 0) is 36.0 Å². The van der Waals surface area contributed by atoms with Gasteiger partial charge in [0.25, 0.3) is 5.56 Å². The first kappa shape index (κ1) is 25.6. The molecule has 9 heteroatoms. The molecule has 3 aromatic rings. The van der Waals surface area contributed by atoms with Gasteiger partial charge >= 0.3 is 5.69 Å². The minimum absolute atomic E-state index is 0.101. The monoisotopic (exact) mass is 515 g/mol. The minimum Gasteiger partial charge on any atom is -0.341 e. The number of hydrogen-bond acceptors (Lipinski definition) is 5. The van der Waals surface area contributed by atoms with E-state index in [1.165, 1.54) is 23.4 Å². The van der Waals surface area contributed by atoms with Gasteiger partial charge in [-0.2, -0.15) is 0 Å². The topological polar surface area (TPSA) is 97.5 Å². The molecule has 38 heavy (non-hydrogen) atoms. The maximum absolute atomic E-state index is 13.2. The summed E-state index contributed by atoms with van der Waals surface area (Å²) in [7, 11) is 1.43. The zero-order valence-electron chi connectivity index (χ0n) is 22.1. The first-order valence-electron chi connectivity index (χ1n) is 13.1. The molecule has 0 atom stereocenters. The van der Waals surface area contributed by atoms with Crippen LogP contribution < -0.4 is 11.2 Å². The summed E-state index contributed by atoms with van der Waals surface area (Å²) in [6.07, 6.45) is 7.49. The number of benzene rings is 1. The van der Waals surface area contributed by atoms with E-state index in [4.69, 9.17) is 0 Å². The number of nitrogens with zero attached hydrogens (tertiary/aromatic N) is 5. The van der Waals surface area contributed by atoms with Crippen LogP contribution in [0.15, 0.2) is 52.4 Å². The second-order valence-corrected chi connectivity index (χ2v) is 10.3. The Hall–Kier alpha value is -4.01. The number of rotatable bonds is 4. The third-order valence-corrected chi connectivity index (χ3v) is 8.08. The Morgan fingerprint density at radius 3 is 2.42 bits per heavy atom. The maximum Gasteiger partial charge on any atom is 0.331 e. The van der Waals surface area contributed by atoms with Crippen molar-refractivity contribution >= 4 is 11.8 Å².